The summed E-state index contributed by atoms with van der Waals surface area (Å²) in [5.41, 5.74) is 5.40. The van der Waals surface area contributed by atoms with Gasteiger partial charge in [-0.3, -0.25) is 4.79 Å². The maximum atomic E-state index is 12.9. The molecule has 0 saturated carbocycles. The van der Waals surface area contributed by atoms with Crippen LogP contribution in [-0.2, 0) is 4.79 Å². The van der Waals surface area contributed by atoms with Gasteiger partial charge in [-0.2, -0.15) is 0 Å². The monoisotopic (exact) mass is 373 g/mol. The minimum absolute atomic E-state index is 0.143. The Balaban J connectivity index is 1.80. The number of aryl methyl sites for hydroxylation is 3. The lowest BCUT2D eigenvalue weighted by atomic mass is 9.97. The number of hydrogen-bond acceptors (Lipinski definition) is 2. The van der Waals surface area contributed by atoms with Gasteiger partial charge in [-0.05, 0) is 56.0 Å². The van der Waals surface area contributed by atoms with Crippen LogP contribution in [0.1, 0.15) is 40.8 Å². The second-order valence-electron chi connectivity index (χ2n) is 7.29. The van der Waals surface area contributed by atoms with E-state index in [1.54, 1.807) is 6.92 Å². The second-order valence-corrected chi connectivity index (χ2v) is 7.29. The van der Waals surface area contributed by atoms with Gasteiger partial charge in [0.2, 0.25) is 0 Å². The van der Waals surface area contributed by atoms with E-state index in [-0.39, 0.29) is 11.9 Å². The summed E-state index contributed by atoms with van der Waals surface area (Å²) in [6.07, 6.45) is -0.600. The van der Waals surface area contributed by atoms with Crippen LogP contribution in [0.4, 0.5) is 0 Å². The van der Waals surface area contributed by atoms with Crippen LogP contribution in [0.2, 0.25) is 0 Å². The van der Waals surface area contributed by atoms with E-state index in [1.807, 2.05) is 62.4 Å². The molecule has 0 aliphatic carbocycles. The van der Waals surface area contributed by atoms with Crippen LogP contribution in [-0.4, -0.2) is 12.0 Å². The molecular formula is C25H27NO2. The molecule has 0 bridgehead atoms. The number of ether oxygens (including phenoxy) is 1. The fourth-order valence-electron chi connectivity index (χ4n) is 3.10. The van der Waals surface area contributed by atoms with Crippen LogP contribution >= 0.6 is 0 Å². The van der Waals surface area contributed by atoms with E-state index in [0.717, 1.165) is 28.0 Å². The van der Waals surface area contributed by atoms with Gasteiger partial charge in [-0.1, -0.05) is 72.3 Å². The Morgan fingerprint density at radius 1 is 0.821 bits per heavy atom. The van der Waals surface area contributed by atoms with E-state index in [1.165, 1.54) is 5.56 Å². The predicted molar refractivity (Wildman–Crippen MR) is 114 cm³/mol. The number of rotatable bonds is 6. The number of benzene rings is 3. The Morgan fingerprint density at radius 3 is 2.11 bits per heavy atom. The van der Waals surface area contributed by atoms with Crippen molar-refractivity contribution >= 4 is 5.91 Å². The maximum Gasteiger partial charge on any atom is 0.261 e. The standard InChI is InChI=1S/C25H27NO2/c1-17-11-14-22(15-12-17)24(21-8-6-5-7-9-21)26-25(27)20(4)28-23-16-18(2)10-13-19(23)3/h5-16,20,24H,1-4H3,(H,26,27)/t20-,24-/m1/s1. The third kappa shape index (κ3) is 4.80. The van der Waals surface area contributed by atoms with Gasteiger partial charge in [0.15, 0.2) is 6.10 Å². The van der Waals surface area contributed by atoms with Gasteiger partial charge in [-0.25, -0.2) is 0 Å². The fraction of sp³-hybridized carbons (Fsp3) is 0.240. The van der Waals surface area contributed by atoms with Crippen molar-refractivity contribution in [3.8, 4) is 5.75 Å². The zero-order valence-electron chi connectivity index (χ0n) is 16.9. The zero-order chi connectivity index (χ0) is 20.1. The maximum absolute atomic E-state index is 12.9. The summed E-state index contributed by atoms with van der Waals surface area (Å²) in [7, 11) is 0. The highest BCUT2D eigenvalue weighted by molar-refractivity contribution is 5.81. The SMILES string of the molecule is Cc1ccc([C@H](NC(=O)[C@@H](C)Oc2cc(C)ccc2C)c2ccccc2)cc1. The van der Waals surface area contributed by atoms with Crippen molar-refractivity contribution in [2.45, 2.75) is 39.8 Å². The molecule has 0 fully saturated rings. The highest BCUT2D eigenvalue weighted by atomic mass is 16.5. The second kappa shape index (κ2) is 8.75. The highest BCUT2D eigenvalue weighted by Gasteiger charge is 2.22. The van der Waals surface area contributed by atoms with E-state index in [2.05, 4.69) is 36.5 Å². The summed E-state index contributed by atoms with van der Waals surface area (Å²) >= 11 is 0. The number of nitrogens with one attached hydrogen (secondary N) is 1. The number of hydrogen-bond donors (Lipinski definition) is 1. The van der Waals surface area contributed by atoms with Crippen molar-refractivity contribution in [2.24, 2.45) is 0 Å². The molecule has 3 aromatic rings. The molecule has 0 spiro atoms. The van der Waals surface area contributed by atoms with E-state index in [0.29, 0.717) is 0 Å². The number of amides is 1. The van der Waals surface area contributed by atoms with Crippen molar-refractivity contribution in [1.82, 2.24) is 5.32 Å². The van der Waals surface area contributed by atoms with Crippen LogP contribution in [0.15, 0.2) is 72.8 Å². The summed E-state index contributed by atoms with van der Waals surface area (Å²) in [6.45, 7) is 7.84. The molecule has 144 valence electrons. The summed E-state index contributed by atoms with van der Waals surface area (Å²) < 4.78 is 5.97. The van der Waals surface area contributed by atoms with Crippen molar-refractivity contribution in [2.75, 3.05) is 0 Å². The smallest absolute Gasteiger partial charge is 0.261 e. The molecule has 3 aromatic carbocycles. The topological polar surface area (TPSA) is 38.3 Å². The number of carbonyl (C=O) groups is 1. The summed E-state index contributed by atoms with van der Waals surface area (Å²) in [4.78, 5) is 12.9. The first-order valence-electron chi connectivity index (χ1n) is 9.60. The highest BCUT2D eigenvalue weighted by Crippen LogP contribution is 2.24. The first-order valence-corrected chi connectivity index (χ1v) is 9.60. The molecule has 3 rings (SSSR count). The Kier molecular flexibility index (Phi) is 6.15. The van der Waals surface area contributed by atoms with Crippen molar-refractivity contribution in [1.29, 1.82) is 0 Å². The average Bonchev–Trinajstić information content (AvgIpc) is 2.70. The molecule has 1 N–H and O–H groups in total. The third-order valence-corrected chi connectivity index (χ3v) is 4.85. The molecule has 0 saturated heterocycles. The van der Waals surface area contributed by atoms with Crippen LogP contribution in [0.3, 0.4) is 0 Å². The Labute approximate surface area is 167 Å². The van der Waals surface area contributed by atoms with Gasteiger partial charge in [0.05, 0.1) is 6.04 Å². The minimum Gasteiger partial charge on any atom is -0.481 e. The third-order valence-electron chi connectivity index (χ3n) is 4.85. The molecular weight excluding hydrogens is 346 g/mol. The summed E-state index contributed by atoms with van der Waals surface area (Å²) in [5.74, 6) is 0.601. The summed E-state index contributed by atoms with van der Waals surface area (Å²) in [6, 6.07) is 24.0. The van der Waals surface area contributed by atoms with Crippen LogP contribution in [0.25, 0.3) is 0 Å². The van der Waals surface area contributed by atoms with E-state index in [4.69, 9.17) is 4.74 Å². The van der Waals surface area contributed by atoms with E-state index < -0.39 is 6.10 Å². The first kappa shape index (κ1) is 19.7. The zero-order valence-corrected chi connectivity index (χ0v) is 16.9. The van der Waals surface area contributed by atoms with Gasteiger partial charge < -0.3 is 10.1 Å². The molecule has 28 heavy (non-hydrogen) atoms. The molecule has 0 aliphatic heterocycles. The molecule has 3 nitrogen and oxygen atoms in total. The van der Waals surface area contributed by atoms with E-state index >= 15 is 0 Å². The van der Waals surface area contributed by atoms with Gasteiger partial charge in [0.1, 0.15) is 5.75 Å². The lowest BCUT2D eigenvalue weighted by Crippen LogP contribution is -2.39. The molecule has 3 heteroatoms. The van der Waals surface area contributed by atoms with Gasteiger partial charge in [0, 0.05) is 0 Å². The lowest BCUT2D eigenvalue weighted by Gasteiger charge is -2.23. The van der Waals surface area contributed by atoms with Gasteiger partial charge >= 0.3 is 0 Å². The van der Waals surface area contributed by atoms with Gasteiger partial charge in [-0.15, -0.1) is 0 Å². The molecule has 0 unspecified atom stereocenters. The molecule has 0 radical (unpaired) electrons. The molecule has 2 atom stereocenters. The first-order chi connectivity index (χ1) is 13.4. The summed E-state index contributed by atoms with van der Waals surface area (Å²) in [5, 5.41) is 3.16. The number of carbonyl (C=O) groups excluding carboxylic acids is 1. The Bertz CT molecular complexity index is 933. The lowest BCUT2D eigenvalue weighted by molar-refractivity contribution is -0.127. The minimum atomic E-state index is -0.600. The predicted octanol–water partition coefficient (Wildman–Crippen LogP) is 5.28. The average molecular weight is 373 g/mol. The normalized spacial score (nSPS) is 12.9. The van der Waals surface area contributed by atoms with Gasteiger partial charge in [0.25, 0.3) is 5.91 Å². The molecule has 1 amide bonds. The molecule has 0 aliphatic rings. The van der Waals surface area contributed by atoms with Crippen LogP contribution < -0.4 is 10.1 Å². The van der Waals surface area contributed by atoms with Crippen molar-refractivity contribution < 1.29 is 9.53 Å². The van der Waals surface area contributed by atoms with Crippen molar-refractivity contribution in [3.63, 3.8) is 0 Å². The molecule has 0 heterocycles. The van der Waals surface area contributed by atoms with E-state index in [9.17, 15) is 4.79 Å². The fourth-order valence-corrected chi connectivity index (χ4v) is 3.10. The Morgan fingerprint density at radius 2 is 1.43 bits per heavy atom. The van der Waals surface area contributed by atoms with Crippen LogP contribution in [0.5, 0.6) is 5.75 Å². The Hall–Kier alpha value is -3.07. The van der Waals surface area contributed by atoms with Crippen LogP contribution in [0, 0.1) is 20.8 Å². The molecule has 0 aromatic heterocycles. The quantitative estimate of drug-likeness (QED) is 0.638. The largest absolute Gasteiger partial charge is 0.481 e. The van der Waals surface area contributed by atoms with Crippen molar-refractivity contribution in [3.05, 3.63) is 101 Å².